The van der Waals surface area contributed by atoms with Gasteiger partial charge in [-0.25, -0.2) is 13.4 Å². The van der Waals surface area contributed by atoms with E-state index in [9.17, 15) is 26.4 Å². The van der Waals surface area contributed by atoms with Gasteiger partial charge in [0.25, 0.3) is 5.56 Å². The number of hydrogen-bond acceptors (Lipinski definition) is 8. The van der Waals surface area contributed by atoms with Crippen molar-refractivity contribution in [2.75, 3.05) is 37.4 Å². The van der Waals surface area contributed by atoms with E-state index in [-0.39, 0.29) is 29.5 Å². The van der Waals surface area contributed by atoms with Gasteiger partial charge in [0.05, 0.1) is 4.90 Å². The minimum absolute atomic E-state index is 0.0336. The lowest BCUT2D eigenvalue weighted by molar-refractivity contribution is -0.106. The molecule has 0 amide bonds. The highest BCUT2D eigenvalue weighted by Crippen LogP contribution is 2.32. The molecule has 4 aromatic rings. The summed E-state index contributed by atoms with van der Waals surface area (Å²) in [6.45, 7) is 3.38. The zero-order valence-corrected chi connectivity index (χ0v) is 25.3. The highest BCUT2D eigenvalue weighted by molar-refractivity contribution is 7.91. The number of benzene rings is 2. The normalized spacial score (nSPS) is 17.0. The number of anilines is 2. The number of halogens is 3. The fraction of sp³-hybridized carbons (Fsp3) is 0.406. The summed E-state index contributed by atoms with van der Waals surface area (Å²) in [5, 5.41) is 7.05. The molecule has 0 atom stereocenters. The fourth-order valence-electron chi connectivity index (χ4n) is 6.15. The summed E-state index contributed by atoms with van der Waals surface area (Å²) in [4.78, 5) is 22.7. The number of ether oxygens (including phenoxy) is 1. The zero-order chi connectivity index (χ0) is 31.6. The van der Waals surface area contributed by atoms with Crippen molar-refractivity contribution in [3.8, 4) is 11.1 Å². The number of pyridine rings is 1. The number of hydrogen-bond donors (Lipinski definition) is 2. The molecule has 45 heavy (non-hydrogen) atoms. The number of rotatable bonds is 8. The van der Waals surface area contributed by atoms with Crippen LogP contribution in [0.15, 0.2) is 70.5 Å². The first-order chi connectivity index (χ1) is 21.6. The second kappa shape index (κ2) is 12.9. The quantitative estimate of drug-likeness (QED) is 0.262. The second-order valence-corrected chi connectivity index (χ2v) is 13.6. The van der Waals surface area contributed by atoms with Crippen LogP contribution < -0.4 is 16.2 Å². The summed E-state index contributed by atoms with van der Waals surface area (Å²) in [7, 11) is -4.79. The smallest absolute Gasteiger partial charge is 0.381 e. The molecule has 0 saturated carbocycles. The lowest BCUT2D eigenvalue weighted by Gasteiger charge is -2.24. The van der Waals surface area contributed by atoms with Crippen LogP contribution in [0.5, 0.6) is 0 Å². The van der Waals surface area contributed by atoms with Crippen LogP contribution in [-0.4, -0.2) is 61.2 Å². The van der Waals surface area contributed by atoms with Crippen LogP contribution in [0, 0.1) is 5.92 Å². The van der Waals surface area contributed by atoms with Crippen molar-refractivity contribution in [1.29, 1.82) is 0 Å². The summed E-state index contributed by atoms with van der Waals surface area (Å²) in [5.74, 6) is -1.15. The number of aromatic nitrogens is 3. The Morgan fingerprint density at radius 1 is 0.978 bits per heavy atom. The standard InChI is InChI=1S/C32H34F3N5O4S/c33-32(34,35)20-45(42,43)28-4-2-1-3-26(28)27-17-24-18-37-31(38-25-7-5-22(6-8-25)23-9-13-36-14-10-23)39-29(24)40(30(27)41)19-21-11-15-44-16-12-21/h1-8,17-18,21,23,36H,9-16,19-20H2,(H,37,38,39). The minimum atomic E-state index is -4.94. The van der Waals surface area contributed by atoms with Crippen molar-refractivity contribution < 1.29 is 26.3 Å². The summed E-state index contributed by atoms with van der Waals surface area (Å²) in [6.07, 6.45) is 0.203. The van der Waals surface area contributed by atoms with Gasteiger partial charge in [-0.1, -0.05) is 30.3 Å². The molecule has 2 aliphatic rings. The lowest BCUT2D eigenvalue weighted by atomic mass is 9.90. The van der Waals surface area contributed by atoms with Crippen LogP contribution >= 0.6 is 0 Å². The van der Waals surface area contributed by atoms with Crippen LogP contribution in [0.25, 0.3) is 22.2 Å². The molecular weight excluding hydrogens is 607 g/mol. The van der Waals surface area contributed by atoms with E-state index in [1.807, 2.05) is 12.1 Å². The van der Waals surface area contributed by atoms with Gasteiger partial charge in [0.1, 0.15) is 5.65 Å². The Kier molecular flexibility index (Phi) is 8.94. The van der Waals surface area contributed by atoms with Crippen molar-refractivity contribution in [1.82, 2.24) is 19.9 Å². The first kappa shape index (κ1) is 31.2. The predicted molar refractivity (Wildman–Crippen MR) is 165 cm³/mol. The van der Waals surface area contributed by atoms with Crippen molar-refractivity contribution in [2.45, 2.75) is 49.2 Å². The largest absolute Gasteiger partial charge is 0.403 e. The van der Waals surface area contributed by atoms with E-state index in [1.54, 1.807) is 0 Å². The zero-order valence-electron chi connectivity index (χ0n) is 24.5. The highest BCUT2D eigenvalue weighted by Gasteiger charge is 2.37. The van der Waals surface area contributed by atoms with Gasteiger partial charge in [-0.2, -0.15) is 18.2 Å². The second-order valence-electron chi connectivity index (χ2n) is 11.6. The topological polar surface area (TPSA) is 115 Å². The van der Waals surface area contributed by atoms with Crippen molar-refractivity contribution in [3.05, 3.63) is 76.7 Å². The van der Waals surface area contributed by atoms with E-state index < -0.39 is 32.2 Å². The van der Waals surface area contributed by atoms with Gasteiger partial charge in [0.15, 0.2) is 15.6 Å². The summed E-state index contributed by atoms with van der Waals surface area (Å²) >= 11 is 0. The third kappa shape index (κ3) is 7.21. The number of nitrogens with one attached hydrogen (secondary N) is 2. The molecule has 0 aliphatic carbocycles. The number of nitrogens with zero attached hydrogens (tertiary/aromatic N) is 3. The summed E-state index contributed by atoms with van der Waals surface area (Å²) in [5.41, 5.74) is 1.73. The number of sulfone groups is 1. The number of piperidine rings is 1. The third-order valence-electron chi connectivity index (χ3n) is 8.45. The number of alkyl halides is 3. The average Bonchev–Trinajstić information content (AvgIpc) is 3.03. The van der Waals surface area contributed by atoms with Crippen molar-refractivity contribution in [2.24, 2.45) is 5.92 Å². The Morgan fingerprint density at radius 3 is 2.40 bits per heavy atom. The molecule has 0 radical (unpaired) electrons. The Morgan fingerprint density at radius 2 is 1.69 bits per heavy atom. The van der Waals surface area contributed by atoms with E-state index >= 15 is 0 Å². The fourth-order valence-corrected chi connectivity index (χ4v) is 7.53. The van der Waals surface area contributed by atoms with Crippen LogP contribution in [0.4, 0.5) is 24.8 Å². The van der Waals surface area contributed by atoms with Crippen molar-refractivity contribution in [3.63, 3.8) is 0 Å². The Hall–Kier alpha value is -3.81. The maximum atomic E-state index is 14.1. The van der Waals surface area contributed by atoms with E-state index in [1.165, 1.54) is 40.6 Å². The lowest BCUT2D eigenvalue weighted by Crippen LogP contribution is -2.29. The molecule has 13 heteroatoms. The highest BCUT2D eigenvalue weighted by atomic mass is 32.2. The third-order valence-corrected chi connectivity index (χ3v) is 10.2. The monoisotopic (exact) mass is 641 g/mol. The van der Waals surface area contributed by atoms with Crippen LogP contribution in [0.2, 0.25) is 0 Å². The van der Waals surface area contributed by atoms with Gasteiger partial charge in [-0.05, 0) is 80.4 Å². The van der Waals surface area contributed by atoms with E-state index in [0.717, 1.165) is 37.7 Å². The first-order valence-corrected chi connectivity index (χ1v) is 16.7. The predicted octanol–water partition coefficient (Wildman–Crippen LogP) is 5.43. The Bertz CT molecular complexity index is 1830. The molecule has 2 aromatic carbocycles. The Labute approximate surface area is 258 Å². The maximum absolute atomic E-state index is 14.1. The van der Waals surface area contributed by atoms with Gasteiger partial charge >= 0.3 is 6.18 Å². The van der Waals surface area contributed by atoms with E-state index in [4.69, 9.17) is 9.72 Å². The summed E-state index contributed by atoms with van der Waals surface area (Å²) < 4.78 is 72.3. The molecule has 2 aromatic heterocycles. The molecule has 238 valence electrons. The van der Waals surface area contributed by atoms with E-state index in [2.05, 4.69) is 27.8 Å². The molecule has 2 aliphatic heterocycles. The van der Waals surface area contributed by atoms with Gasteiger partial charge in [0, 0.05) is 48.2 Å². The minimum Gasteiger partial charge on any atom is -0.381 e. The number of fused-ring (bicyclic) bond motifs is 1. The van der Waals surface area contributed by atoms with Crippen LogP contribution in [0.3, 0.4) is 0 Å². The molecule has 4 heterocycles. The molecule has 0 bridgehead atoms. The van der Waals surface area contributed by atoms with Gasteiger partial charge < -0.3 is 15.4 Å². The Balaban J connectivity index is 1.40. The van der Waals surface area contributed by atoms with Gasteiger partial charge in [-0.15, -0.1) is 0 Å². The van der Waals surface area contributed by atoms with Gasteiger partial charge in [0.2, 0.25) is 5.95 Å². The first-order valence-electron chi connectivity index (χ1n) is 15.0. The summed E-state index contributed by atoms with van der Waals surface area (Å²) in [6, 6.07) is 14.9. The molecular formula is C32H34F3N5O4S. The molecule has 2 saturated heterocycles. The average molecular weight is 642 g/mol. The molecule has 0 spiro atoms. The van der Waals surface area contributed by atoms with E-state index in [0.29, 0.717) is 43.0 Å². The van der Waals surface area contributed by atoms with Crippen LogP contribution in [0.1, 0.15) is 37.2 Å². The van der Waals surface area contributed by atoms with Crippen molar-refractivity contribution >= 4 is 32.5 Å². The van der Waals surface area contributed by atoms with Gasteiger partial charge in [-0.3, -0.25) is 9.36 Å². The molecule has 0 unspecified atom stereocenters. The van der Waals surface area contributed by atoms with Crippen LogP contribution in [-0.2, 0) is 21.1 Å². The molecule has 9 nitrogen and oxygen atoms in total. The maximum Gasteiger partial charge on any atom is 0.403 e. The SMILES string of the molecule is O=c1c(-c2ccccc2S(=O)(=O)CC(F)(F)F)cc2cnc(Nc3ccc(C4CCNCC4)cc3)nc2n1CC1CCOCC1. The molecule has 6 rings (SSSR count). The molecule has 2 fully saturated rings. The molecule has 2 N–H and O–H groups in total.